The molecule has 0 saturated carbocycles. The maximum Gasteiger partial charge on any atom is 0.264 e. The molecule has 0 radical (unpaired) electrons. The molecule has 2 aliphatic heterocycles. The monoisotopic (exact) mass is 504 g/mol. The van der Waals surface area contributed by atoms with E-state index >= 15 is 0 Å². The van der Waals surface area contributed by atoms with Crippen molar-refractivity contribution in [3.05, 3.63) is 70.2 Å². The van der Waals surface area contributed by atoms with Crippen molar-refractivity contribution < 1.29 is 13.2 Å². The maximum atomic E-state index is 13.3. The van der Waals surface area contributed by atoms with Gasteiger partial charge in [0.25, 0.3) is 15.9 Å². The van der Waals surface area contributed by atoms with Gasteiger partial charge in [-0.2, -0.15) is 0 Å². The summed E-state index contributed by atoms with van der Waals surface area (Å²) < 4.78 is 28.0. The number of fused-ring (bicyclic) bond motifs is 2. The minimum Gasteiger partial charge on any atom is -0.301 e. The number of carbonyl (C=O) groups excluding carboxylic acids is 1. The van der Waals surface area contributed by atoms with Gasteiger partial charge in [-0.3, -0.25) is 14.4 Å². The number of para-hydroxylation sites is 1. The third kappa shape index (κ3) is 4.63. The molecule has 33 heavy (non-hydrogen) atoms. The van der Waals surface area contributed by atoms with Crippen LogP contribution in [0.15, 0.2) is 53.4 Å². The molecule has 3 aromatic rings. The Labute approximate surface area is 203 Å². The number of likely N-dealkylation sites (N-methyl/N-ethyl adjacent to an activating group) is 1. The first-order valence-corrected chi connectivity index (χ1v) is 12.9. The molecule has 1 amide bonds. The SMILES string of the molecule is CN1CCc2nc(NC(=O)c3ccc(S(=O)(=O)N4CCCc5ccccc54)cc3)sc2C1.Cl. The summed E-state index contributed by atoms with van der Waals surface area (Å²) in [6.45, 7) is 2.25. The minimum absolute atomic E-state index is 0. The van der Waals surface area contributed by atoms with Crippen LogP contribution in [0.5, 0.6) is 0 Å². The molecule has 2 aromatic carbocycles. The molecule has 5 rings (SSSR count). The van der Waals surface area contributed by atoms with Crippen molar-refractivity contribution in [2.45, 2.75) is 30.7 Å². The number of sulfonamides is 1. The van der Waals surface area contributed by atoms with Crippen LogP contribution in [0.25, 0.3) is 0 Å². The Bertz CT molecular complexity index is 1280. The Morgan fingerprint density at radius 1 is 1.06 bits per heavy atom. The lowest BCUT2D eigenvalue weighted by atomic mass is 10.0. The molecule has 7 nitrogen and oxygen atoms in total. The molecule has 0 atom stereocenters. The van der Waals surface area contributed by atoms with E-state index in [2.05, 4.69) is 22.2 Å². The van der Waals surface area contributed by atoms with E-state index in [1.54, 1.807) is 12.1 Å². The van der Waals surface area contributed by atoms with E-state index in [9.17, 15) is 13.2 Å². The van der Waals surface area contributed by atoms with Crippen molar-refractivity contribution in [3.63, 3.8) is 0 Å². The lowest BCUT2D eigenvalue weighted by Crippen LogP contribution is -2.35. The highest BCUT2D eigenvalue weighted by atomic mass is 35.5. The molecule has 1 aromatic heterocycles. The number of carbonyl (C=O) groups is 1. The standard InChI is InChI=1S/C23H24N4O3S2.ClH/c1-26-14-12-19-21(15-26)31-23(24-19)25-22(28)17-8-10-18(11-9-17)32(29,30)27-13-4-6-16-5-2-3-7-20(16)27;/h2-3,5,7-11H,4,6,12-15H2,1H3,(H,24,25,28);1H. The molecule has 0 bridgehead atoms. The molecule has 1 N–H and O–H groups in total. The zero-order valence-corrected chi connectivity index (χ0v) is 20.6. The van der Waals surface area contributed by atoms with Gasteiger partial charge in [-0.15, -0.1) is 23.7 Å². The fourth-order valence-electron chi connectivity index (χ4n) is 4.20. The van der Waals surface area contributed by atoms with Crippen LogP contribution < -0.4 is 9.62 Å². The van der Waals surface area contributed by atoms with Gasteiger partial charge in [-0.05, 0) is 55.8 Å². The van der Waals surface area contributed by atoms with Crippen LogP contribution in [0, 0.1) is 0 Å². The number of nitrogens with zero attached hydrogens (tertiary/aromatic N) is 3. The van der Waals surface area contributed by atoms with Gasteiger partial charge < -0.3 is 4.90 Å². The molecule has 174 valence electrons. The zero-order valence-electron chi connectivity index (χ0n) is 18.2. The van der Waals surface area contributed by atoms with Gasteiger partial charge in [0.1, 0.15) is 0 Å². The first-order valence-electron chi connectivity index (χ1n) is 10.6. The van der Waals surface area contributed by atoms with Crippen molar-refractivity contribution >= 4 is 50.5 Å². The summed E-state index contributed by atoms with van der Waals surface area (Å²) in [6.07, 6.45) is 2.53. The number of benzene rings is 2. The summed E-state index contributed by atoms with van der Waals surface area (Å²) in [5, 5.41) is 3.44. The molecule has 0 aliphatic carbocycles. The quantitative estimate of drug-likeness (QED) is 0.581. The van der Waals surface area contributed by atoms with Crippen molar-refractivity contribution in [1.82, 2.24) is 9.88 Å². The Morgan fingerprint density at radius 3 is 2.61 bits per heavy atom. The third-order valence-corrected chi connectivity index (χ3v) is 8.74. The fraction of sp³-hybridized carbons (Fsp3) is 0.304. The summed E-state index contributed by atoms with van der Waals surface area (Å²) in [5.74, 6) is -0.295. The van der Waals surface area contributed by atoms with Gasteiger partial charge in [0.2, 0.25) is 0 Å². The van der Waals surface area contributed by atoms with Gasteiger partial charge in [0.05, 0.1) is 16.3 Å². The molecule has 2 aliphatic rings. The van der Waals surface area contributed by atoms with Crippen LogP contribution in [0.1, 0.15) is 32.9 Å². The van der Waals surface area contributed by atoms with Crippen LogP contribution in [-0.2, 0) is 29.4 Å². The van der Waals surface area contributed by atoms with E-state index < -0.39 is 10.0 Å². The van der Waals surface area contributed by atoms with Gasteiger partial charge >= 0.3 is 0 Å². The highest BCUT2D eigenvalue weighted by Crippen LogP contribution is 2.32. The van der Waals surface area contributed by atoms with Gasteiger partial charge in [0, 0.05) is 36.5 Å². The number of halogens is 1. The summed E-state index contributed by atoms with van der Waals surface area (Å²) in [7, 11) is -1.63. The molecule has 0 spiro atoms. The Balaban J connectivity index is 0.00000259. The molecule has 0 fully saturated rings. The fourth-order valence-corrected chi connectivity index (χ4v) is 6.82. The number of rotatable bonds is 4. The molecule has 3 heterocycles. The largest absolute Gasteiger partial charge is 0.301 e. The maximum absolute atomic E-state index is 13.3. The number of aryl methyl sites for hydroxylation is 1. The number of hydrogen-bond donors (Lipinski definition) is 1. The van der Waals surface area contributed by atoms with Gasteiger partial charge in [0.15, 0.2) is 5.13 Å². The second-order valence-electron chi connectivity index (χ2n) is 8.16. The van der Waals surface area contributed by atoms with Crippen molar-refractivity contribution in [2.24, 2.45) is 0 Å². The summed E-state index contributed by atoms with van der Waals surface area (Å²) >= 11 is 1.49. The van der Waals surface area contributed by atoms with Crippen LogP contribution in [0.2, 0.25) is 0 Å². The molecule has 10 heteroatoms. The predicted octanol–water partition coefficient (Wildman–Crippen LogP) is 3.95. The lowest BCUT2D eigenvalue weighted by molar-refractivity contribution is 0.102. The first kappa shape index (κ1) is 23.7. The molecular weight excluding hydrogens is 480 g/mol. The second-order valence-corrected chi connectivity index (χ2v) is 11.1. The zero-order chi connectivity index (χ0) is 22.3. The van der Waals surface area contributed by atoms with E-state index in [-0.39, 0.29) is 23.2 Å². The smallest absolute Gasteiger partial charge is 0.264 e. The molecule has 0 unspecified atom stereocenters. The first-order chi connectivity index (χ1) is 15.4. The number of anilines is 2. The number of amides is 1. The van der Waals surface area contributed by atoms with E-state index in [1.807, 2.05) is 24.3 Å². The number of thiazole rings is 1. The third-order valence-electron chi connectivity index (χ3n) is 5.91. The van der Waals surface area contributed by atoms with Crippen LogP contribution in [0.3, 0.4) is 0 Å². The average Bonchev–Trinajstić information content (AvgIpc) is 3.20. The molecular formula is C23H25ClN4O3S2. The summed E-state index contributed by atoms with van der Waals surface area (Å²) in [4.78, 5) is 20.8. The number of hydrogen-bond acceptors (Lipinski definition) is 6. The van der Waals surface area contributed by atoms with Crippen molar-refractivity contribution in [3.8, 4) is 0 Å². The van der Waals surface area contributed by atoms with Crippen LogP contribution >= 0.6 is 23.7 Å². The van der Waals surface area contributed by atoms with E-state index in [0.717, 1.165) is 49.3 Å². The van der Waals surface area contributed by atoms with E-state index in [4.69, 9.17) is 0 Å². The highest BCUT2D eigenvalue weighted by Gasteiger charge is 2.29. The van der Waals surface area contributed by atoms with Crippen molar-refractivity contribution in [2.75, 3.05) is 29.8 Å². The number of aromatic nitrogens is 1. The Morgan fingerprint density at radius 2 is 1.82 bits per heavy atom. The normalized spacial score (nSPS) is 15.8. The van der Waals surface area contributed by atoms with Crippen LogP contribution in [-0.4, -0.2) is 44.3 Å². The topological polar surface area (TPSA) is 82.6 Å². The Kier molecular flexibility index (Phi) is 6.76. The Hall–Kier alpha value is -2.46. The number of nitrogens with one attached hydrogen (secondary N) is 1. The molecule has 0 saturated heterocycles. The lowest BCUT2D eigenvalue weighted by Gasteiger charge is -2.30. The summed E-state index contributed by atoms with van der Waals surface area (Å²) in [5.41, 5.74) is 3.22. The van der Waals surface area contributed by atoms with Crippen molar-refractivity contribution in [1.29, 1.82) is 0 Å². The predicted molar refractivity (Wildman–Crippen MR) is 133 cm³/mol. The van der Waals surface area contributed by atoms with Crippen LogP contribution in [0.4, 0.5) is 10.8 Å². The van der Waals surface area contributed by atoms with Gasteiger partial charge in [-0.25, -0.2) is 13.4 Å². The van der Waals surface area contributed by atoms with E-state index in [1.165, 1.54) is 32.7 Å². The highest BCUT2D eigenvalue weighted by molar-refractivity contribution is 7.92. The minimum atomic E-state index is -3.70. The average molecular weight is 505 g/mol. The van der Waals surface area contributed by atoms with E-state index in [0.29, 0.717) is 17.2 Å². The summed E-state index contributed by atoms with van der Waals surface area (Å²) in [6, 6.07) is 13.7. The second kappa shape index (κ2) is 9.42. The van der Waals surface area contributed by atoms with Gasteiger partial charge in [-0.1, -0.05) is 18.2 Å².